The van der Waals surface area contributed by atoms with Crippen LogP contribution < -0.4 is 16.0 Å². The zero-order valence-electron chi connectivity index (χ0n) is 13.8. The number of carbonyl (C=O) groups excluding carboxylic acids is 2. The van der Waals surface area contributed by atoms with Crippen molar-refractivity contribution in [3.63, 3.8) is 0 Å². The number of urea groups is 1. The second-order valence-corrected chi connectivity index (χ2v) is 7.22. The molecule has 0 fully saturated rings. The van der Waals surface area contributed by atoms with Gasteiger partial charge in [-0.05, 0) is 33.1 Å². The average molecular weight is 301 g/mol. The van der Waals surface area contributed by atoms with Crippen molar-refractivity contribution in [1.82, 2.24) is 16.0 Å². The fourth-order valence-corrected chi connectivity index (χ4v) is 1.56. The summed E-state index contributed by atoms with van der Waals surface area (Å²) >= 11 is 0. The van der Waals surface area contributed by atoms with E-state index >= 15 is 0 Å². The lowest BCUT2D eigenvalue weighted by molar-refractivity contribution is -0.141. The number of hydrogen-bond donors (Lipinski definition) is 4. The lowest BCUT2D eigenvalue weighted by atomic mass is 9.87. The third-order valence-electron chi connectivity index (χ3n) is 2.63. The molecule has 0 saturated heterocycles. The van der Waals surface area contributed by atoms with Crippen LogP contribution >= 0.6 is 0 Å². The van der Waals surface area contributed by atoms with Gasteiger partial charge in [0.25, 0.3) is 0 Å². The van der Waals surface area contributed by atoms with Crippen molar-refractivity contribution >= 4 is 17.9 Å². The second kappa shape index (κ2) is 6.78. The first-order valence-electron chi connectivity index (χ1n) is 6.86. The first kappa shape index (κ1) is 19.2. The van der Waals surface area contributed by atoms with E-state index in [4.69, 9.17) is 5.11 Å². The standard InChI is InChI=1S/C14H27N3O4/c1-8(10(18)17-14(5,6)7)15-12(21)16-9(11(19)20)13(2,3)4/h8-9H,1-7H3,(H,17,18)(H,19,20)(H2,15,16,21)/t8?,9-/m1/s1. The summed E-state index contributed by atoms with van der Waals surface area (Å²) in [5.41, 5.74) is -1.04. The number of rotatable bonds is 4. The van der Waals surface area contributed by atoms with Crippen LogP contribution in [0.4, 0.5) is 4.79 Å². The van der Waals surface area contributed by atoms with Crippen LogP contribution in [-0.2, 0) is 9.59 Å². The summed E-state index contributed by atoms with van der Waals surface area (Å²) in [6.07, 6.45) is 0. The lowest BCUT2D eigenvalue weighted by Crippen LogP contribution is -2.57. The lowest BCUT2D eigenvalue weighted by Gasteiger charge is -2.29. The summed E-state index contributed by atoms with van der Waals surface area (Å²) in [6.45, 7) is 12.2. The van der Waals surface area contributed by atoms with Gasteiger partial charge in [-0.2, -0.15) is 0 Å². The topological polar surface area (TPSA) is 108 Å². The Kier molecular flexibility index (Phi) is 6.20. The van der Waals surface area contributed by atoms with E-state index in [1.54, 1.807) is 20.8 Å². The Bertz CT molecular complexity index is 407. The highest BCUT2D eigenvalue weighted by Crippen LogP contribution is 2.19. The number of carboxylic acids is 1. The Morgan fingerprint density at radius 1 is 0.952 bits per heavy atom. The smallest absolute Gasteiger partial charge is 0.326 e. The van der Waals surface area contributed by atoms with E-state index in [-0.39, 0.29) is 5.91 Å². The molecule has 21 heavy (non-hydrogen) atoms. The van der Waals surface area contributed by atoms with Crippen molar-refractivity contribution in [2.24, 2.45) is 5.41 Å². The number of amides is 3. The zero-order valence-corrected chi connectivity index (χ0v) is 13.8. The highest BCUT2D eigenvalue weighted by molar-refractivity contribution is 5.89. The van der Waals surface area contributed by atoms with E-state index < -0.39 is 35.0 Å². The normalized spacial score (nSPS) is 14.8. The third kappa shape index (κ3) is 7.53. The molecule has 7 heteroatoms. The zero-order chi connectivity index (χ0) is 17.0. The van der Waals surface area contributed by atoms with E-state index in [1.165, 1.54) is 6.92 Å². The Morgan fingerprint density at radius 3 is 1.76 bits per heavy atom. The molecule has 2 atom stereocenters. The Balaban J connectivity index is 4.62. The van der Waals surface area contributed by atoms with Gasteiger partial charge in [-0.25, -0.2) is 9.59 Å². The van der Waals surface area contributed by atoms with Crippen molar-refractivity contribution in [3.8, 4) is 0 Å². The summed E-state index contributed by atoms with van der Waals surface area (Å²) in [6, 6.07) is -2.50. The number of aliphatic carboxylic acids is 1. The van der Waals surface area contributed by atoms with E-state index in [2.05, 4.69) is 16.0 Å². The van der Waals surface area contributed by atoms with Gasteiger partial charge in [0.2, 0.25) is 5.91 Å². The Morgan fingerprint density at radius 2 is 1.43 bits per heavy atom. The molecule has 0 heterocycles. The van der Waals surface area contributed by atoms with E-state index in [9.17, 15) is 14.4 Å². The van der Waals surface area contributed by atoms with Crippen molar-refractivity contribution in [1.29, 1.82) is 0 Å². The fourth-order valence-electron chi connectivity index (χ4n) is 1.56. The minimum atomic E-state index is -1.12. The summed E-state index contributed by atoms with van der Waals surface area (Å²) in [4.78, 5) is 34.8. The number of carbonyl (C=O) groups is 3. The fraction of sp³-hybridized carbons (Fsp3) is 0.786. The van der Waals surface area contributed by atoms with E-state index in [1.807, 2.05) is 20.8 Å². The minimum Gasteiger partial charge on any atom is -0.480 e. The molecule has 0 aromatic carbocycles. The van der Waals surface area contributed by atoms with Gasteiger partial charge >= 0.3 is 12.0 Å². The van der Waals surface area contributed by atoms with Crippen LogP contribution in [-0.4, -0.2) is 40.6 Å². The van der Waals surface area contributed by atoms with Crippen LogP contribution in [0.25, 0.3) is 0 Å². The number of carboxylic acid groups (broad SMARTS) is 1. The molecule has 122 valence electrons. The molecule has 0 aliphatic rings. The molecule has 0 bridgehead atoms. The van der Waals surface area contributed by atoms with Crippen LogP contribution in [0.1, 0.15) is 48.5 Å². The molecule has 0 radical (unpaired) electrons. The van der Waals surface area contributed by atoms with Crippen LogP contribution in [0.2, 0.25) is 0 Å². The van der Waals surface area contributed by atoms with Gasteiger partial charge in [0, 0.05) is 5.54 Å². The first-order chi connectivity index (χ1) is 9.24. The molecule has 0 rings (SSSR count). The molecule has 4 N–H and O–H groups in total. The molecule has 7 nitrogen and oxygen atoms in total. The summed E-state index contributed by atoms with van der Waals surface area (Å²) in [5.74, 6) is -1.45. The van der Waals surface area contributed by atoms with Gasteiger partial charge in [0.1, 0.15) is 12.1 Å². The van der Waals surface area contributed by atoms with E-state index in [0.717, 1.165) is 0 Å². The molecular weight excluding hydrogens is 274 g/mol. The molecule has 0 aromatic rings. The highest BCUT2D eigenvalue weighted by atomic mass is 16.4. The Hall–Kier alpha value is -1.79. The molecule has 0 spiro atoms. The molecule has 0 aliphatic carbocycles. The van der Waals surface area contributed by atoms with Crippen LogP contribution in [0.5, 0.6) is 0 Å². The van der Waals surface area contributed by atoms with Crippen molar-refractivity contribution in [3.05, 3.63) is 0 Å². The third-order valence-corrected chi connectivity index (χ3v) is 2.63. The van der Waals surface area contributed by atoms with Crippen LogP contribution in [0.15, 0.2) is 0 Å². The summed E-state index contributed by atoms with van der Waals surface area (Å²) in [5, 5.41) is 16.7. The molecule has 0 aliphatic heterocycles. The maximum atomic E-state index is 11.8. The number of nitrogens with one attached hydrogen (secondary N) is 3. The largest absolute Gasteiger partial charge is 0.480 e. The maximum absolute atomic E-state index is 11.8. The van der Waals surface area contributed by atoms with Gasteiger partial charge < -0.3 is 21.1 Å². The predicted molar refractivity (Wildman–Crippen MR) is 79.9 cm³/mol. The monoisotopic (exact) mass is 301 g/mol. The van der Waals surface area contributed by atoms with Crippen molar-refractivity contribution in [2.75, 3.05) is 0 Å². The summed E-state index contributed by atoms with van der Waals surface area (Å²) < 4.78 is 0. The molecule has 0 aromatic heterocycles. The SMILES string of the molecule is CC(NC(=O)N[C@H](C(=O)O)C(C)(C)C)C(=O)NC(C)(C)C. The maximum Gasteiger partial charge on any atom is 0.326 e. The van der Waals surface area contributed by atoms with E-state index in [0.29, 0.717) is 0 Å². The number of hydrogen-bond acceptors (Lipinski definition) is 3. The van der Waals surface area contributed by atoms with Gasteiger partial charge in [-0.15, -0.1) is 0 Å². The predicted octanol–water partition coefficient (Wildman–Crippen LogP) is 1.09. The molecule has 0 saturated carbocycles. The highest BCUT2D eigenvalue weighted by Gasteiger charge is 2.33. The minimum absolute atomic E-state index is 0.333. The Labute approximate surface area is 125 Å². The molecular formula is C14H27N3O4. The quantitative estimate of drug-likeness (QED) is 0.623. The molecule has 3 amide bonds. The van der Waals surface area contributed by atoms with Crippen LogP contribution in [0, 0.1) is 5.41 Å². The van der Waals surface area contributed by atoms with Crippen LogP contribution in [0.3, 0.4) is 0 Å². The van der Waals surface area contributed by atoms with Crippen molar-refractivity contribution in [2.45, 2.75) is 66.1 Å². The van der Waals surface area contributed by atoms with Gasteiger partial charge in [0.05, 0.1) is 0 Å². The van der Waals surface area contributed by atoms with Gasteiger partial charge in [0.15, 0.2) is 0 Å². The molecule has 1 unspecified atom stereocenters. The van der Waals surface area contributed by atoms with Gasteiger partial charge in [-0.3, -0.25) is 4.79 Å². The first-order valence-corrected chi connectivity index (χ1v) is 6.86. The van der Waals surface area contributed by atoms with Gasteiger partial charge in [-0.1, -0.05) is 20.8 Å². The van der Waals surface area contributed by atoms with Crippen molar-refractivity contribution < 1.29 is 19.5 Å². The summed E-state index contributed by atoms with van der Waals surface area (Å²) in [7, 11) is 0. The average Bonchev–Trinajstić information content (AvgIpc) is 2.21. The second-order valence-electron chi connectivity index (χ2n) is 7.22.